The Kier molecular flexibility index (Phi) is 4.47. The summed E-state index contributed by atoms with van der Waals surface area (Å²) in [4.78, 5) is 12.1. The molecule has 1 saturated heterocycles. The van der Waals surface area contributed by atoms with Crippen molar-refractivity contribution in [3.8, 4) is 0 Å². The van der Waals surface area contributed by atoms with Crippen LogP contribution >= 0.6 is 0 Å². The Balaban J connectivity index is 1.88. The first-order valence-corrected chi connectivity index (χ1v) is 6.95. The molecule has 5 nitrogen and oxygen atoms in total. The summed E-state index contributed by atoms with van der Waals surface area (Å²) in [5.74, 6) is -0.0663. The van der Waals surface area contributed by atoms with E-state index in [1.54, 1.807) is 12.3 Å². The number of nitrogen functional groups attached to an aromatic ring is 1. The fourth-order valence-electron chi connectivity index (χ4n) is 2.42. The Hall–Kier alpha value is -1.49. The van der Waals surface area contributed by atoms with Crippen LogP contribution in [0.2, 0.25) is 0 Å². The summed E-state index contributed by atoms with van der Waals surface area (Å²) in [5, 5.41) is 2.94. The molecule has 5 heteroatoms. The molecule has 1 aliphatic heterocycles. The number of nitrogens with two attached hydrogens (primary N) is 1. The summed E-state index contributed by atoms with van der Waals surface area (Å²) in [6, 6.07) is 1.94. The largest absolute Gasteiger partial charge is 0.397 e. The maximum absolute atomic E-state index is 12.1. The van der Waals surface area contributed by atoms with Gasteiger partial charge in [-0.05, 0) is 39.2 Å². The van der Waals surface area contributed by atoms with E-state index in [0.717, 1.165) is 25.9 Å². The zero-order chi connectivity index (χ0) is 13.8. The maximum atomic E-state index is 12.1. The standard InChI is InChI=1S/C14H23N3O2/c1-10(2)17-9-11(15)8-13(17)14(18)16-6-5-12-4-3-7-19-12/h8-10,12H,3-7,15H2,1-2H3,(H,16,18). The van der Waals surface area contributed by atoms with E-state index >= 15 is 0 Å². The molecule has 0 aromatic carbocycles. The summed E-state index contributed by atoms with van der Waals surface area (Å²) >= 11 is 0. The van der Waals surface area contributed by atoms with Crippen LogP contribution in [-0.2, 0) is 4.74 Å². The minimum Gasteiger partial charge on any atom is -0.397 e. The van der Waals surface area contributed by atoms with Crippen molar-refractivity contribution >= 4 is 11.6 Å². The molecular formula is C14H23N3O2. The molecule has 1 atom stereocenters. The second-order valence-electron chi connectivity index (χ2n) is 5.34. The van der Waals surface area contributed by atoms with Gasteiger partial charge in [0, 0.05) is 25.4 Å². The molecule has 1 unspecified atom stereocenters. The number of carbonyl (C=O) groups excluding carboxylic acids is 1. The van der Waals surface area contributed by atoms with E-state index < -0.39 is 0 Å². The third kappa shape index (κ3) is 3.50. The second kappa shape index (κ2) is 6.10. The fourth-order valence-corrected chi connectivity index (χ4v) is 2.42. The topological polar surface area (TPSA) is 69.3 Å². The van der Waals surface area contributed by atoms with Crippen molar-refractivity contribution < 1.29 is 9.53 Å². The number of nitrogens with one attached hydrogen (secondary N) is 1. The zero-order valence-electron chi connectivity index (χ0n) is 11.7. The van der Waals surface area contributed by atoms with E-state index in [9.17, 15) is 4.79 Å². The Morgan fingerprint density at radius 3 is 3.05 bits per heavy atom. The van der Waals surface area contributed by atoms with Crippen molar-refractivity contribution in [3.05, 3.63) is 18.0 Å². The molecule has 1 aliphatic rings. The highest BCUT2D eigenvalue weighted by molar-refractivity contribution is 5.93. The minimum absolute atomic E-state index is 0.0663. The van der Waals surface area contributed by atoms with Crippen molar-refractivity contribution in [2.24, 2.45) is 0 Å². The summed E-state index contributed by atoms with van der Waals surface area (Å²) < 4.78 is 7.43. The average molecular weight is 265 g/mol. The molecule has 1 aromatic heterocycles. The SMILES string of the molecule is CC(C)n1cc(N)cc1C(=O)NCCC1CCCO1. The highest BCUT2D eigenvalue weighted by Gasteiger charge is 2.17. The van der Waals surface area contributed by atoms with Crippen LogP contribution in [-0.4, -0.2) is 29.7 Å². The van der Waals surface area contributed by atoms with Gasteiger partial charge in [-0.15, -0.1) is 0 Å². The predicted molar refractivity (Wildman–Crippen MR) is 75.2 cm³/mol. The summed E-state index contributed by atoms with van der Waals surface area (Å²) in [6.45, 7) is 5.56. The molecule has 3 N–H and O–H groups in total. The Bertz CT molecular complexity index is 434. The number of hydrogen-bond donors (Lipinski definition) is 2. The van der Waals surface area contributed by atoms with E-state index in [1.165, 1.54) is 0 Å². The number of carbonyl (C=O) groups is 1. The van der Waals surface area contributed by atoms with Gasteiger partial charge >= 0.3 is 0 Å². The van der Waals surface area contributed by atoms with Gasteiger partial charge in [0.25, 0.3) is 5.91 Å². The number of amides is 1. The number of ether oxygens (including phenoxy) is 1. The monoisotopic (exact) mass is 265 g/mol. The zero-order valence-corrected chi connectivity index (χ0v) is 11.7. The Morgan fingerprint density at radius 2 is 2.42 bits per heavy atom. The van der Waals surface area contributed by atoms with Gasteiger partial charge in [-0.1, -0.05) is 0 Å². The lowest BCUT2D eigenvalue weighted by atomic mass is 10.2. The molecule has 1 amide bonds. The maximum Gasteiger partial charge on any atom is 0.267 e. The van der Waals surface area contributed by atoms with Crippen molar-refractivity contribution in [3.63, 3.8) is 0 Å². The van der Waals surface area contributed by atoms with Gasteiger partial charge in [-0.25, -0.2) is 0 Å². The number of nitrogens with zero attached hydrogens (tertiary/aromatic N) is 1. The van der Waals surface area contributed by atoms with Crippen LogP contribution in [0.4, 0.5) is 5.69 Å². The summed E-state index contributed by atoms with van der Waals surface area (Å²) in [7, 11) is 0. The van der Waals surface area contributed by atoms with Crippen LogP contribution in [0.5, 0.6) is 0 Å². The lowest BCUT2D eigenvalue weighted by Gasteiger charge is -2.13. The van der Waals surface area contributed by atoms with Crippen LogP contribution in [0.1, 0.15) is 49.6 Å². The van der Waals surface area contributed by atoms with Crippen LogP contribution in [0.15, 0.2) is 12.3 Å². The Labute approximate surface area is 114 Å². The second-order valence-corrected chi connectivity index (χ2v) is 5.34. The molecule has 0 spiro atoms. The number of rotatable bonds is 5. The van der Waals surface area contributed by atoms with Crippen molar-refractivity contribution in [1.82, 2.24) is 9.88 Å². The lowest BCUT2D eigenvalue weighted by molar-refractivity contribution is 0.0898. The summed E-state index contributed by atoms with van der Waals surface area (Å²) in [6.07, 6.45) is 5.22. The molecule has 106 valence electrons. The smallest absolute Gasteiger partial charge is 0.267 e. The first-order valence-electron chi connectivity index (χ1n) is 6.95. The third-order valence-electron chi connectivity index (χ3n) is 3.43. The molecule has 2 rings (SSSR count). The molecule has 1 fully saturated rings. The third-order valence-corrected chi connectivity index (χ3v) is 3.43. The van der Waals surface area contributed by atoms with E-state index in [1.807, 2.05) is 18.4 Å². The van der Waals surface area contributed by atoms with Gasteiger partial charge in [0.15, 0.2) is 0 Å². The molecule has 0 radical (unpaired) electrons. The molecule has 0 aliphatic carbocycles. The number of aromatic nitrogens is 1. The van der Waals surface area contributed by atoms with Gasteiger partial charge in [0.05, 0.1) is 11.8 Å². The number of hydrogen-bond acceptors (Lipinski definition) is 3. The van der Waals surface area contributed by atoms with Gasteiger partial charge in [0.1, 0.15) is 5.69 Å². The van der Waals surface area contributed by atoms with Gasteiger partial charge < -0.3 is 20.4 Å². The Morgan fingerprint density at radius 1 is 1.63 bits per heavy atom. The van der Waals surface area contributed by atoms with E-state index in [0.29, 0.717) is 24.0 Å². The van der Waals surface area contributed by atoms with E-state index in [2.05, 4.69) is 5.32 Å². The first kappa shape index (κ1) is 13.9. The van der Waals surface area contributed by atoms with Crippen molar-refractivity contribution in [2.75, 3.05) is 18.9 Å². The first-order chi connectivity index (χ1) is 9.08. The predicted octanol–water partition coefficient (Wildman–Crippen LogP) is 1.95. The molecule has 0 bridgehead atoms. The average Bonchev–Trinajstić information content (AvgIpc) is 2.98. The van der Waals surface area contributed by atoms with Crippen LogP contribution in [0, 0.1) is 0 Å². The summed E-state index contributed by atoms with van der Waals surface area (Å²) in [5.41, 5.74) is 7.01. The number of anilines is 1. The van der Waals surface area contributed by atoms with Crippen molar-refractivity contribution in [1.29, 1.82) is 0 Å². The van der Waals surface area contributed by atoms with Gasteiger partial charge in [-0.2, -0.15) is 0 Å². The van der Waals surface area contributed by atoms with Crippen molar-refractivity contribution in [2.45, 2.75) is 45.3 Å². The van der Waals surface area contributed by atoms with Gasteiger partial charge in [0.2, 0.25) is 0 Å². The van der Waals surface area contributed by atoms with Crippen LogP contribution in [0.3, 0.4) is 0 Å². The molecule has 1 aromatic rings. The van der Waals surface area contributed by atoms with Crippen LogP contribution < -0.4 is 11.1 Å². The quantitative estimate of drug-likeness (QED) is 0.855. The molecule has 0 saturated carbocycles. The fraction of sp³-hybridized carbons (Fsp3) is 0.643. The van der Waals surface area contributed by atoms with E-state index in [4.69, 9.17) is 10.5 Å². The molecule has 2 heterocycles. The normalized spacial score (nSPS) is 19.0. The molecule has 19 heavy (non-hydrogen) atoms. The van der Waals surface area contributed by atoms with Crippen LogP contribution in [0.25, 0.3) is 0 Å². The van der Waals surface area contributed by atoms with Gasteiger partial charge in [-0.3, -0.25) is 4.79 Å². The highest BCUT2D eigenvalue weighted by atomic mass is 16.5. The van der Waals surface area contributed by atoms with E-state index in [-0.39, 0.29) is 11.9 Å². The molecular weight excluding hydrogens is 242 g/mol. The lowest BCUT2D eigenvalue weighted by Crippen LogP contribution is -2.29. The minimum atomic E-state index is -0.0663. The highest BCUT2D eigenvalue weighted by Crippen LogP contribution is 2.17.